The molecule has 9 heteroatoms. The molecule has 0 bridgehead atoms. The van der Waals surface area contributed by atoms with Gasteiger partial charge in [-0.25, -0.2) is 15.0 Å². The molecule has 4 aromatic heterocycles. The Labute approximate surface area is 159 Å². The van der Waals surface area contributed by atoms with Gasteiger partial charge in [0.2, 0.25) is 0 Å². The summed E-state index contributed by atoms with van der Waals surface area (Å²) in [6.07, 6.45) is 6.13. The Bertz CT molecular complexity index is 1200. The van der Waals surface area contributed by atoms with Gasteiger partial charge in [0.15, 0.2) is 0 Å². The monoisotopic (exact) mass is 373 g/mol. The second-order valence-corrected chi connectivity index (χ2v) is 6.04. The van der Waals surface area contributed by atoms with Gasteiger partial charge in [-0.3, -0.25) is 19.6 Å². The van der Waals surface area contributed by atoms with Gasteiger partial charge in [-0.2, -0.15) is 0 Å². The smallest absolute Gasteiger partial charge is 0.271 e. The van der Waals surface area contributed by atoms with E-state index in [-0.39, 0.29) is 17.2 Å². The summed E-state index contributed by atoms with van der Waals surface area (Å²) in [5, 5.41) is 3.46. The normalized spacial score (nSPS) is 11.9. The quantitative estimate of drug-likeness (QED) is 0.557. The average Bonchev–Trinajstić information content (AvgIpc) is 2.73. The molecule has 0 aromatic carbocycles. The van der Waals surface area contributed by atoms with Crippen molar-refractivity contribution in [3.8, 4) is 11.4 Å². The predicted octanol–water partition coefficient (Wildman–Crippen LogP) is 1.66. The number of amides is 1. The number of rotatable bonds is 4. The van der Waals surface area contributed by atoms with Gasteiger partial charge >= 0.3 is 0 Å². The van der Waals surface area contributed by atoms with E-state index >= 15 is 0 Å². The summed E-state index contributed by atoms with van der Waals surface area (Å²) in [5.41, 5.74) is 1.50. The lowest BCUT2D eigenvalue weighted by Crippen LogP contribution is -2.30. The minimum atomic E-state index is -0.560. The molecule has 0 aliphatic heterocycles. The highest BCUT2D eigenvalue weighted by Gasteiger charge is 2.18. The van der Waals surface area contributed by atoms with Crippen LogP contribution in [0, 0.1) is 0 Å². The molecule has 4 aromatic rings. The molecular formula is C19H15N7O2. The molecule has 1 atom stereocenters. The Morgan fingerprint density at radius 1 is 1.07 bits per heavy atom. The van der Waals surface area contributed by atoms with Crippen LogP contribution in [0.5, 0.6) is 0 Å². The number of carbonyl (C=O) groups excluding carboxylic acids is 1. The molecule has 0 radical (unpaired) electrons. The molecule has 0 spiro atoms. The number of aromatic nitrogens is 6. The van der Waals surface area contributed by atoms with Crippen LogP contribution in [0.3, 0.4) is 0 Å². The SMILES string of the molecule is CC(NC(=O)c1nccc2ncccc12)c1nc(-c2ccncn2)cc(=O)[nH]1. The molecule has 0 aliphatic rings. The van der Waals surface area contributed by atoms with Crippen LogP contribution in [0.25, 0.3) is 22.3 Å². The van der Waals surface area contributed by atoms with Crippen molar-refractivity contribution in [2.45, 2.75) is 13.0 Å². The Morgan fingerprint density at radius 3 is 2.79 bits per heavy atom. The molecule has 0 saturated heterocycles. The fourth-order valence-corrected chi connectivity index (χ4v) is 2.77. The highest BCUT2D eigenvalue weighted by atomic mass is 16.2. The standard InChI is InChI=1S/C19H15N7O2/c1-11(18-25-15(9-16(27)26-18)14-4-7-20-10-23-14)24-19(28)17-12-3-2-6-21-13(12)5-8-22-17/h2-11H,1H3,(H,24,28)(H,25,26,27). The van der Waals surface area contributed by atoms with E-state index in [0.29, 0.717) is 28.1 Å². The zero-order valence-corrected chi connectivity index (χ0v) is 14.8. The summed E-state index contributed by atoms with van der Waals surface area (Å²) < 4.78 is 0. The van der Waals surface area contributed by atoms with Gasteiger partial charge in [0.25, 0.3) is 11.5 Å². The zero-order valence-electron chi connectivity index (χ0n) is 14.8. The molecule has 1 amide bonds. The highest BCUT2D eigenvalue weighted by molar-refractivity contribution is 6.04. The summed E-state index contributed by atoms with van der Waals surface area (Å²) in [4.78, 5) is 48.2. The molecular weight excluding hydrogens is 358 g/mol. The Balaban J connectivity index is 1.63. The molecule has 1 unspecified atom stereocenters. The summed E-state index contributed by atoms with van der Waals surface area (Å²) >= 11 is 0. The summed E-state index contributed by atoms with van der Waals surface area (Å²) in [5.74, 6) is -0.0750. The maximum atomic E-state index is 12.7. The van der Waals surface area contributed by atoms with Crippen molar-refractivity contribution in [3.05, 3.63) is 77.1 Å². The molecule has 4 rings (SSSR count). The van der Waals surface area contributed by atoms with Crippen LogP contribution >= 0.6 is 0 Å². The van der Waals surface area contributed by atoms with Gasteiger partial charge < -0.3 is 10.3 Å². The number of nitrogens with zero attached hydrogens (tertiary/aromatic N) is 5. The van der Waals surface area contributed by atoms with Crippen LogP contribution in [0.1, 0.15) is 29.3 Å². The van der Waals surface area contributed by atoms with E-state index < -0.39 is 6.04 Å². The van der Waals surface area contributed by atoms with Crippen molar-refractivity contribution in [1.29, 1.82) is 0 Å². The Morgan fingerprint density at radius 2 is 1.96 bits per heavy atom. The fraction of sp³-hybridized carbons (Fsp3) is 0.105. The van der Waals surface area contributed by atoms with Crippen LogP contribution in [0.15, 0.2) is 60.0 Å². The molecule has 0 fully saturated rings. The van der Waals surface area contributed by atoms with E-state index in [1.807, 2.05) is 0 Å². The molecule has 138 valence electrons. The molecule has 9 nitrogen and oxygen atoms in total. The lowest BCUT2D eigenvalue weighted by atomic mass is 10.2. The summed E-state index contributed by atoms with van der Waals surface area (Å²) in [7, 11) is 0. The third-order valence-electron chi connectivity index (χ3n) is 4.11. The number of carbonyl (C=O) groups is 1. The second kappa shape index (κ2) is 7.31. The van der Waals surface area contributed by atoms with Crippen molar-refractivity contribution in [2.24, 2.45) is 0 Å². The molecule has 0 aliphatic carbocycles. The first-order valence-electron chi connectivity index (χ1n) is 8.50. The van der Waals surface area contributed by atoms with Crippen molar-refractivity contribution >= 4 is 16.8 Å². The van der Waals surface area contributed by atoms with E-state index in [2.05, 4.69) is 35.2 Å². The van der Waals surface area contributed by atoms with Gasteiger partial charge in [-0.1, -0.05) is 0 Å². The van der Waals surface area contributed by atoms with Crippen LogP contribution < -0.4 is 10.9 Å². The van der Waals surface area contributed by atoms with Crippen molar-refractivity contribution in [2.75, 3.05) is 0 Å². The van der Waals surface area contributed by atoms with Gasteiger partial charge in [0.05, 0.1) is 22.9 Å². The third-order valence-corrected chi connectivity index (χ3v) is 4.11. The maximum absolute atomic E-state index is 12.7. The number of hydrogen-bond acceptors (Lipinski definition) is 7. The van der Waals surface area contributed by atoms with Gasteiger partial charge in [-0.05, 0) is 31.2 Å². The van der Waals surface area contributed by atoms with Crippen molar-refractivity contribution < 1.29 is 4.79 Å². The van der Waals surface area contributed by atoms with Crippen LogP contribution in [0.2, 0.25) is 0 Å². The first kappa shape index (κ1) is 17.4. The van der Waals surface area contributed by atoms with Crippen molar-refractivity contribution in [3.63, 3.8) is 0 Å². The number of H-pyrrole nitrogens is 1. The number of pyridine rings is 2. The van der Waals surface area contributed by atoms with E-state index in [1.54, 1.807) is 43.6 Å². The largest absolute Gasteiger partial charge is 0.341 e. The number of aromatic amines is 1. The van der Waals surface area contributed by atoms with Crippen LogP contribution in [0.4, 0.5) is 0 Å². The topological polar surface area (TPSA) is 126 Å². The van der Waals surface area contributed by atoms with E-state index in [9.17, 15) is 9.59 Å². The van der Waals surface area contributed by atoms with E-state index in [1.165, 1.54) is 18.6 Å². The molecule has 0 saturated carbocycles. The second-order valence-electron chi connectivity index (χ2n) is 6.04. The maximum Gasteiger partial charge on any atom is 0.271 e. The Hall–Kier alpha value is -4.01. The van der Waals surface area contributed by atoms with Crippen molar-refractivity contribution in [1.82, 2.24) is 35.2 Å². The predicted molar refractivity (Wildman–Crippen MR) is 101 cm³/mol. The Kier molecular flexibility index (Phi) is 4.55. The lowest BCUT2D eigenvalue weighted by molar-refractivity contribution is 0.0935. The molecule has 2 N–H and O–H groups in total. The number of fused-ring (bicyclic) bond motifs is 1. The fourth-order valence-electron chi connectivity index (χ4n) is 2.77. The number of hydrogen-bond donors (Lipinski definition) is 2. The minimum Gasteiger partial charge on any atom is -0.341 e. The lowest BCUT2D eigenvalue weighted by Gasteiger charge is -2.14. The summed E-state index contributed by atoms with van der Waals surface area (Å²) in [6.45, 7) is 1.73. The minimum absolute atomic E-state index is 0.256. The van der Waals surface area contributed by atoms with Gasteiger partial charge in [-0.15, -0.1) is 0 Å². The van der Waals surface area contributed by atoms with Crippen LogP contribution in [-0.2, 0) is 0 Å². The first-order chi connectivity index (χ1) is 13.6. The number of nitrogens with one attached hydrogen (secondary N) is 2. The van der Waals surface area contributed by atoms with Gasteiger partial charge in [0, 0.05) is 30.0 Å². The van der Waals surface area contributed by atoms with E-state index in [4.69, 9.17) is 0 Å². The average molecular weight is 373 g/mol. The third kappa shape index (κ3) is 3.45. The van der Waals surface area contributed by atoms with Crippen LogP contribution in [-0.4, -0.2) is 35.8 Å². The van der Waals surface area contributed by atoms with Gasteiger partial charge in [0.1, 0.15) is 17.8 Å². The zero-order chi connectivity index (χ0) is 19.5. The van der Waals surface area contributed by atoms with E-state index in [0.717, 1.165) is 0 Å². The molecule has 28 heavy (non-hydrogen) atoms. The first-order valence-corrected chi connectivity index (χ1v) is 8.50. The molecule has 4 heterocycles. The summed E-state index contributed by atoms with van der Waals surface area (Å²) in [6, 6.07) is 7.70. The highest BCUT2D eigenvalue weighted by Crippen LogP contribution is 2.16.